The van der Waals surface area contributed by atoms with Crippen LogP contribution in [0.2, 0.25) is 0 Å². The number of pyridine rings is 1. The Bertz CT molecular complexity index is 547. The van der Waals surface area contributed by atoms with E-state index in [2.05, 4.69) is 27.8 Å². The fourth-order valence-corrected chi connectivity index (χ4v) is 4.19. The van der Waals surface area contributed by atoms with Crippen LogP contribution in [-0.2, 0) is 10.0 Å². The summed E-state index contributed by atoms with van der Waals surface area (Å²) in [6, 6.07) is 1.39. The van der Waals surface area contributed by atoms with Crippen LogP contribution >= 0.6 is 15.9 Å². The lowest BCUT2D eigenvalue weighted by Gasteiger charge is -2.26. The van der Waals surface area contributed by atoms with Gasteiger partial charge < -0.3 is 5.73 Å². The minimum atomic E-state index is -3.62. The summed E-state index contributed by atoms with van der Waals surface area (Å²) in [5.41, 5.74) is 5.73. The number of rotatable bonds is 7. The first-order valence-corrected chi connectivity index (χ1v) is 8.96. The molecule has 1 aromatic heterocycles. The molecule has 2 N–H and O–H groups in total. The summed E-state index contributed by atoms with van der Waals surface area (Å²) in [6.07, 6.45) is 4.39. The highest BCUT2D eigenvalue weighted by atomic mass is 79.9. The Morgan fingerprint density at radius 2 is 2.05 bits per heavy atom. The molecule has 0 fully saturated rings. The molecule has 0 aliphatic rings. The molecule has 20 heavy (non-hydrogen) atoms. The van der Waals surface area contributed by atoms with Gasteiger partial charge in [-0.05, 0) is 42.3 Å². The standard InChI is InChI=1S/C13H22BrN3O2S/c1-4-5-6-7-17(10(2)3)20(18,19)12-8-11(14)9-16-13(12)15/h8-10H,4-7H2,1-3H3,(H2,15,16). The smallest absolute Gasteiger partial charge is 0.247 e. The third-order valence-corrected chi connectivity index (χ3v) is 5.53. The minimum Gasteiger partial charge on any atom is -0.383 e. The van der Waals surface area contributed by atoms with Crippen molar-refractivity contribution < 1.29 is 8.42 Å². The van der Waals surface area contributed by atoms with Gasteiger partial charge in [0.25, 0.3) is 0 Å². The molecule has 0 unspecified atom stereocenters. The maximum atomic E-state index is 12.7. The van der Waals surface area contributed by atoms with Crippen LogP contribution < -0.4 is 5.73 Å². The van der Waals surface area contributed by atoms with Gasteiger partial charge in [-0.25, -0.2) is 13.4 Å². The second-order valence-electron chi connectivity index (χ2n) is 4.95. The van der Waals surface area contributed by atoms with Gasteiger partial charge in [-0.3, -0.25) is 0 Å². The molecule has 0 bridgehead atoms. The summed E-state index contributed by atoms with van der Waals surface area (Å²) in [7, 11) is -3.62. The van der Waals surface area contributed by atoms with Crippen LogP contribution in [0, 0.1) is 0 Å². The maximum absolute atomic E-state index is 12.7. The van der Waals surface area contributed by atoms with Gasteiger partial charge in [0.1, 0.15) is 10.7 Å². The monoisotopic (exact) mass is 363 g/mol. The van der Waals surface area contributed by atoms with Crippen LogP contribution in [0.3, 0.4) is 0 Å². The Hall–Kier alpha value is -0.660. The quantitative estimate of drug-likeness (QED) is 0.755. The fourth-order valence-electron chi connectivity index (χ4n) is 1.94. The van der Waals surface area contributed by atoms with E-state index in [-0.39, 0.29) is 16.8 Å². The Kier molecular flexibility index (Phi) is 6.42. The summed E-state index contributed by atoms with van der Waals surface area (Å²) in [4.78, 5) is 3.97. The topological polar surface area (TPSA) is 76.3 Å². The van der Waals surface area contributed by atoms with E-state index in [4.69, 9.17) is 5.73 Å². The third kappa shape index (κ3) is 4.17. The number of sulfonamides is 1. The molecule has 1 heterocycles. The average Bonchev–Trinajstić information content (AvgIpc) is 2.36. The number of nitrogens with zero attached hydrogens (tertiary/aromatic N) is 2. The third-order valence-electron chi connectivity index (χ3n) is 2.99. The van der Waals surface area contributed by atoms with E-state index in [0.29, 0.717) is 11.0 Å². The van der Waals surface area contributed by atoms with Gasteiger partial charge in [-0.1, -0.05) is 19.8 Å². The predicted molar refractivity (Wildman–Crippen MR) is 84.9 cm³/mol. The summed E-state index contributed by atoms with van der Waals surface area (Å²) >= 11 is 3.24. The van der Waals surface area contributed by atoms with Crippen LogP contribution in [0.5, 0.6) is 0 Å². The van der Waals surface area contributed by atoms with Crippen LogP contribution in [0.4, 0.5) is 5.82 Å². The van der Waals surface area contributed by atoms with Crippen molar-refractivity contribution >= 4 is 31.8 Å². The largest absolute Gasteiger partial charge is 0.383 e. The van der Waals surface area contributed by atoms with E-state index in [9.17, 15) is 8.42 Å². The van der Waals surface area contributed by atoms with Crippen LogP contribution in [0.15, 0.2) is 21.6 Å². The molecule has 1 rings (SSSR count). The molecule has 0 atom stereocenters. The second kappa shape index (κ2) is 7.38. The molecular formula is C13H22BrN3O2S. The number of aromatic nitrogens is 1. The number of hydrogen-bond donors (Lipinski definition) is 1. The summed E-state index contributed by atoms with van der Waals surface area (Å²) in [5.74, 6) is 0.0364. The fraction of sp³-hybridized carbons (Fsp3) is 0.615. The molecule has 0 saturated carbocycles. The number of halogens is 1. The van der Waals surface area contributed by atoms with Gasteiger partial charge in [-0.15, -0.1) is 0 Å². The van der Waals surface area contributed by atoms with Crippen molar-refractivity contribution in [3.05, 3.63) is 16.7 Å². The van der Waals surface area contributed by atoms with Crippen molar-refractivity contribution in [2.45, 2.75) is 51.0 Å². The van der Waals surface area contributed by atoms with E-state index in [0.717, 1.165) is 19.3 Å². The molecule has 0 spiro atoms. The predicted octanol–water partition coefficient (Wildman–Crippen LogP) is 3.02. The average molecular weight is 364 g/mol. The Labute approximate surface area is 129 Å². The van der Waals surface area contributed by atoms with Crippen molar-refractivity contribution in [1.29, 1.82) is 0 Å². The highest BCUT2D eigenvalue weighted by Crippen LogP contribution is 2.25. The molecule has 0 radical (unpaired) electrons. The molecule has 5 nitrogen and oxygen atoms in total. The van der Waals surface area contributed by atoms with Gasteiger partial charge in [0.15, 0.2) is 0 Å². The first-order valence-electron chi connectivity index (χ1n) is 6.73. The van der Waals surface area contributed by atoms with Gasteiger partial charge in [0.2, 0.25) is 10.0 Å². The second-order valence-corrected chi connectivity index (χ2v) is 7.73. The van der Waals surface area contributed by atoms with Crippen molar-refractivity contribution in [3.8, 4) is 0 Å². The van der Waals surface area contributed by atoms with Crippen molar-refractivity contribution in [2.75, 3.05) is 12.3 Å². The maximum Gasteiger partial charge on any atom is 0.247 e. The summed E-state index contributed by atoms with van der Waals surface area (Å²) < 4.78 is 27.5. The molecular weight excluding hydrogens is 342 g/mol. The Morgan fingerprint density at radius 3 is 2.60 bits per heavy atom. The number of nitrogens with two attached hydrogens (primary N) is 1. The summed E-state index contributed by atoms with van der Waals surface area (Å²) in [6.45, 7) is 6.32. The molecule has 0 aliphatic heterocycles. The SMILES string of the molecule is CCCCCN(C(C)C)S(=O)(=O)c1cc(Br)cnc1N. The van der Waals surface area contributed by atoms with E-state index in [1.165, 1.54) is 16.6 Å². The molecule has 1 aromatic rings. The zero-order valence-electron chi connectivity index (χ0n) is 12.1. The number of unbranched alkanes of at least 4 members (excludes halogenated alkanes) is 2. The van der Waals surface area contributed by atoms with Gasteiger partial charge in [-0.2, -0.15) is 4.31 Å². The Morgan fingerprint density at radius 1 is 1.40 bits per heavy atom. The number of anilines is 1. The van der Waals surface area contributed by atoms with Crippen LogP contribution in [0.25, 0.3) is 0 Å². The molecule has 0 aromatic carbocycles. The Balaban J connectivity index is 3.12. The normalized spacial score (nSPS) is 12.3. The first-order chi connectivity index (χ1) is 9.30. The highest BCUT2D eigenvalue weighted by Gasteiger charge is 2.29. The van der Waals surface area contributed by atoms with Crippen LogP contribution in [-0.4, -0.2) is 30.3 Å². The molecule has 7 heteroatoms. The lowest BCUT2D eigenvalue weighted by atomic mass is 10.2. The lowest BCUT2D eigenvalue weighted by Crippen LogP contribution is -2.38. The molecule has 0 aliphatic carbocycles. The van der Waals surface area contributed by atoms with E-state index < -0.39 is 10.0 Å². The minimum absolute atomic E-state index is 0.0364. The number of nitrogen functional groups attached to an aromatic ring is 1. The van der Waals surface area contributed by atoms with Crippen molar-refractivity contribution in [3.63, 3.8) is 0 Å². The van der Waals surface area contributed by atoms with Crippen molar-refractivity contribution in [1.82, 2.24) is 9.29 Å². The molecule has 114 valence electrons. The first kappa shape index (κ1) is 17.4. The summed E-state index contributed by atoms with van der Waals surface area (Å²) in [5, 5.41) is 0. The van der Waals surface area contributed by atoms with E-state index >= 15 is 0 Å². The van der Waals surface area contributed by atoms with Gasteiger partial charge >= 0.3 is 0 Å². The zero-order chi connectivity index (χ0) is 15.3. The lowest BCUT2D eigenvalue weighted by molar-refractivity contribution is 0.345. The molecule has 0 amide bonds. The van der Waals surface area contributed by atoms with Gasteiger partial charge in [0.05, 0.1) is 0 Å². The highest BCUT2D eigenvalue weighted by molar-refractivity contribution is 9.10. The van der Waals surface area contributed by atoms with E-state index in [1.807, 2.05) is 13.8 Å². The number of hydrogen-bond acceptors (Lipinski definition) is 4. The zero-order valence-corrected chi connectivity index (χ0v) is 14.5. The van der Waals surface area contributed by atoms with Crippen LogP contribution in [0.1, 0.15) is 40.0 Å². The van der Waals surface area contributed by atoms with Crippen molar-refractivity contribution in [2.24, 2.45) is 0 Å². The van der Waals surface area contributed by atoms with E-state index in [1.54, 1.807) is 0 Å². The van der Waals surface area contributed by atoms with Gasteiger partial charge in [0, 0.05) is 23.3 Å². The molecule has 0 saturated heterocycles.